The molecule has 0 unspecified atom stereocenters. The second-order valence-electron chi connectivity index (χ2n) is 8.66. The molecular formula is C28H23NO9. The van der Waals surface area contributed by atoms with Crippen LogP contribution in [0.3, 0.4) is 0 Å². The minimum absolute atomic E-state index is 0.111. The maximum atomic E-state index is 13.7. The number of methoxy groups -OCH3 is 3. The van der Waals surface area contributed by atoms with Gasteiger partial charge in [-0.15, -0.1) is 0 Å². The SMILES string of the molecule is COc1cc([C@@H]2c3c(c4ccccc4oc3=O)O[C@@H]2C(=O)Nc2ccc3c(c2)OCO3)cc(OC)c1OC. The predicted octanol–water partition coefficient (Wildman–Crippen LogP) is 4.08. The molecule has 38 heavy (non-hydrogen) atoms. The zero-order valence-electron chi connectivity index (χ0n) is 20.7. The van der Waals surface area contributed by atoms with Gasteiger partial charge in [-0.25, -0.2) is 4.79 Å². The number of benzene rings is 3. The minimum Gasteiger partial charge on any atom is -0.493 e. The summed E-state index contributed by atoms with van der Waals surface area (Å²) in [6.07, 6.45) is -1.12. The van der Waals surface area contributed by atoms with E-state index in [0.717, 1.165) is 0 Å². The zero-order valence-corrected chi connectivity index (χ0v) is 20.7. The Morgan fingerprint density at radius 3 is 2.39 bits per heavy atom. The Kier molecular flexibility index (Phi) is 5.71. The molecule has 0 saturated carbocycles. The maximum absolute atomic E-state index is 13.7. The third kappa shape index (κ3) is 3.73. The highest BCUT2D eigenvalue weighted by atomic mass is 16.7. The highest BCUT2D eigenvalue weighted by Crippen LogP contribution is 2.48. The van der Waals surface area contributed by atoms with Gasteiger partial charge < -0.3 is 38.2 Å². The molecule has 1 N–H and O–H groups in total. The molecule has 1 aromatic heterocycles. The number of hydrogen-bond donors (Lipinski definition) is 1. The molecule has 4 aromatic rings. The average Bonchev–Trinajstić information content (AvgIpc) is 3.57. The van der Waals surface area contributed by atoms with Crippen LogP contribution in [0.2, 0.25) is 0 Å². The van der Waals surface area contributed by atoms with Crippen LogP contribution in [0.25, 0.3) is 11.0 Å². The van der Waals surface area contributed by atoms with Crippen LogP contribution in [0.15, 0.2) is 63.8 Å². The van der Waals surface area contributed by atoms with E-state index in [1.54, 1.807) is 54.6 Å². The van der Waals surface area contributed by atoms with Crippen molar-refractivity contribution >= 4 is 22.6 Å². The Morgan fingerprint density at radius 1 is 0.921 bits per heavy atom. The fraction of sp³-hybridized carbons (Fsp3) is 0.214. The van der Waals surface area contributed by atoms with Crippen LogP contribution in [0.4, 0.5) is 5.69 Å². The molecule has 0 fully saturated rings. The number of rotatable bonds is 6. The number of para-hydroxylation sites is 1. The van der Waals surface area contributed by atoms with Gasteiger partial charge in [0, 0.05) is 11.8 Å². The van der Waals surface area contributed by atoms with E-state index in [1.807, 2.05) is 0 Å². The molecule has 3 aromatic carbocycles. The molecule has 0 saturated heterocycles. The van der Waals surface area contributed by atoms with E-state index in [4.69, 9.17) is 32.8 Å². The van der Waals surface area contributed by atoms with Crippen LogP contribution in [0, 0.1) is 0 Å². The Hall–Kier alpha value is -4.86. The number of amides is 1. The van der Waals surface area contributed by atoms with Crippen molar-refractivity contribution in [2.75, 3.05) is 33.4 Å². The van der Waals surface area contributed by atoms with Crippen LogP contribution in [-0.4, -0.2) is 40.1 Å². The summed E-state index contributed by atoms with van der Waals surface area (Å²) in [6.45, 7) is 0.111. The molecule has 1 amide bonds. The highest BCUT2D eigenvalue weighted by molar-refractivity contribution is 5.98. The van der Waals surface area contributed by atoms with Crippen LogP contribution in [0.5, 0.6) is 34.5 Å². The lowest BCUT2D eigenvalue weighted by atomic mass is 9.87. The summed E-state index contributed by atoms with van der Waals surface area (Å²) >= 11 is 0. The number of anilines is 1. The molecule has 0 radical (unpaired) electrons. The molecule has 2 aliphatic heterocycles. The van der Waals surface area contributed by atoms with E-state index < -0.39 is 23.6 Å². The number of fused-ring (bicyclic) bond motifs is 4. The Labute approximate surface area is 216 Å². The third-order valence-electron chi connectivity index (χ3n) is 6.60. The smallest absolute Gasteiger partial charge is 0.344 e. The summed E-state index contributed by atoms with van der Waals surface area (Å²) in [5.74, 6) is 1.21. The first-order valence-corrected chi connectivity index (χ1v) is 11.7. The minimum atomic E-state index is -1.12. The first kappa shape index (κ1) is 23.5. The Bertz CT molecular complexity index is 1600. The van der Waals surface area contributed by atoms with Gasteiger partial charge >= 0.3 is 5.63 Å². The molecule has 194 valence electrons. The van der Waals surface area contributed by atoms with Gasteiger partial charge in [0.25, 0.3) is 5.91 Å². The molecule has 2 aliphatic rings. The number of carbonyl (C=O) groups is 1. The van der Waals surface area contributed by atoms with E-state index in [0.29, 0.717) is 56.7 Å². The normalized spacial score (nSPS) is 17.0. The first-order chi connectivity index (χ1) is 18.5. The lowest BCUT2D eigenvalue weighted by Gasteiger charge is -2.21. The molecule has 0 aliphatic carbocycles. The van der Waals surface area contributed by atoms with Crippen LogP contribution < -0.4 is 39.4 Å². The quantitative estimate of drug-likeness (QED) is 0.378. The molecule has 3 heterocycles. The van der Waals surface area contributed by atoms with E-state index >= 15 is 0 Å². The Balaban J connectivity index is 1.49. The summed E-state index contributed by atoms with van der Waals surface area (Å²) < 4.78 is 39.2. The van der Waals surface area contributed by atoms with Gasteiger partial charge in [-0.05, 0) is 42.0 Å². The number of hydrogen-bond acceptors (Lipinski definition) is 9. The van der Waals surface area contributed by atoms with Crippen molar-refractivity contribution in [2.45, 2.75) is 12.0 Å². The van der Waals surface area contributed by atoms with E-state index in [-0.39, 0.29) is 12.4 Å². The van der Waals surface area contributed by atoms with Crippen LogP contribution in [0.1, 0.15) is 17.0 Å². The van der Waals surface area contributed by atoms with E-state index in [1.165, 1.54) is 21.3 Å². The topological polar surface area (TPSA) is 115 Å². The fourth-order valence-corrected chi connectivity index (χ4v) is 4.89. The molecule has 10 nitrogen and oxygen atoms in total. The van der Waals surface area contributed by atoms with E-state index in [2.05, 4.69) is 5.32 Å². The second kappa shape index (κ2) is 9.22. The van der Waals surface area contributed by atoms with Gasteiger partial charge in [-0.2, -0.15) is 0 Å². The van der Waals surface area contributed by atoms with Gasteiger partial charge in [0.15, 0.2) is 29.1 Å². The molecule has 6 rings (SSSR count). The van der Waals surface area contributed by atoms with Gasteiger partial charge in [0.05, 0.1) is 38.2 Å². The summed E-state index contributed by atoms with van der Waals surface area (Å²) in [5, 5.41) is 3.46. The maximum Gasteiger partial charge on any atom is 0.344 e. The van der Waals surface area contributed by atoms with Crippen molar-refractivity contribution in [1.29, 1.82) is 0 Å². The molecule has 0 spiro atoms. The molecule has 0 bridgehead atoms. The molecular weight excluding hydrogens is 494 g/mol. The van der Waals surface area contributed by atoms with Crippen molar-refractivity contribution in [1.82, 2.24) is 0 Å². The van der Waals surface area contributed by atoms with Gasteiger partial charge in [0.1, 0.15) is 11.3 Å². The number of carbonyl (C=O) groups excluding carboxylic acids is 1. The highest BCUT2D eigenvalue weighted by Gasteiger charge is 2.45. The Morgan fingerprint density at radius 2 is 1.66 bits per heavy atom. The second-order valence-corrected chi connectivity index (χ2v) is 8.66. The van der Waals surface area contributed by atoms with Crippen molar-refractivity contribution in [3.8, 4) is 34.5 Å². The van der Waals surface area contributed by atoms with E-state index in [9.17, 15) is 9.59 Å². The largest absolute Gasteiger partial charge is 0.493 e. The average molecular weight is 517 g/mol. The third-order valence-corrected chi connectivity index (χ3v) is 6.60. The lowest BCUT2D eigenvalue weighted by Crippen LogP contribution is -2.35. The number of nitrogens with one attached hydrogen (secondary N) is 1. The predicted molar refractivity (Wildman–Crippen MR) is 136 cm³/mol. The monoisotopic (exact) mass is 517 g/mol. The molecule has 2 atom stereocenters. The van der Waals surface area contributed by atoms with Gasteiger partial charge in [-0.1, -0.05) is 12.1 Å². The summed E-state index contributed by atoms with van der Waals surface area (Å²) in [4.78, 5) is 27.0. The summed E-state index contributed by atoms with van der Waals surface area (Å²) in [6, 6.07) is 15.5. The summed E-state index contributed by atoms with van der Waals surface area (Å²) in [7, 11) is 4.48. The van der Waals surface area contributed by atoms with Crippen molar-refractivity contribution in [2.24, 2.45) is 0 Å². The number of ether oxygens (including phenoxy) is 6. The van der Waals surface area contributed by atoms with Gasteiger partial charge in [-0.3, -0.25) is 4.79 Å². The standard InChI is InChI=1S/C28H23NO9/c1-32-20-10-14(11-21(33-2)25(20)34-3)22-23-24(16-6-4-5-7-17(16)37-28(23)31)38-26(22)27(30)29-15-8-9-18-19(12-15)36-13-35-18/h4-12,22,26H,13H2,1-3H3,(H,29,30)/t22-,26+/m1/s1. The summed E-state index contributed by atoms with van der Waals surface area (Å²) in [5.41, 5.74) is 1.02. The van der Waals surface area contributed by atoms with Crippen molar-refractivity contribution in [3.05, 3.63) is 76.1 Å². The lowest BCUT2D eigenvalue weighted by molar-refractivity contribution is -0.122. The zero-order chi connectivity index (χ0) is 26.4. The van der Waals surface area contributed by atoms with Crippen LogP contribution in [-0.2, 0) is 4.79 Å². The first-order valence-electron chi connectivity index (χ1n) is 11.7. The molecule has 10 heteroatoms. The van der Waals surface area contributed by atoms with Crippen LogP contribution >= 0.6 is 0 Å². The fourth-order valence-electron chi connectivity index (χ4n) is 4.89. The van der Waals surface area contributed by atoms with Crippen molar-refractivity contribution in [3.63, 3.8) is 0 Å². The van der Waals surface area contributed by atoms with Gasteiger partial charge in [0.2, 0.25) is 12.5 Å². The van der Waals surface area contributed by atoms with Crippen molar-refractivity contribution < 1.29 is 37.6 Å².